The van der Waals surface area contributed by atoms with Gasteiger partial charge in [0.05, 0.1) is 40.0 Å². The summed E-state index contributed by atoms with van der Waals surface area (Å²) in [5, 5.41) is 9.99. The van der Waals surface area contributed by atoms with E-state index in [0.717, 1.165) is 10.3 Å². The number of hydrogen-bond donors (Lipinski definition) is 0. The zero-order chi connectivity index (χ0) is 23.2. The van der Waals surface area contributed by atoms with Crippen molar-refractivity contribution in [3.63, 3.8) is 0 Å². The first kappa shape index (κ1) is 21.5. The minimum absolute atomic E-state index is 0.281. The summed E-state index contributed by atoms with van der Waals surface area (Å²) in [5.41, 5.74) is 2.17. The van der Waals surface area contributed by atoms with Gasteiger partial charge < -0.3 is 9.47 Å². The molecule has 2 aromatic carbocycles. The highest BCUT2D eigenvalue weighted by Gasteiger charge is 2.26. The molecule has 0 fully saturated rings. The van der Waals surface area contributed by atoms with Crippen molar-refractivity contribution in [3.05, 3.63) is 58.2 Å². The fourth-order valence-corrected chi connectivity index (χ4v) is 4.51. The van der Waals surface area contributed by atoms with Gasteiger partial charge in [-0.25, -0.2) is 9.78 Å². The molecule has 2 aromatic heterocycles. The van der Waals surface area contributed by atoms with E-state index in [1.54, 1.807) is 57.3 Å². The van der Waals surface area contributed by atoms with E-state index < -0.39 is 11.7 Å². The van der Waals surface area contributed by atoms with Crippen molar-refractivity contribution in [2.45, 2.75) is 33.3 Å². The van der Waals surface area contributed by atoms with E-state index in [0.29, 0.717) is 33.3 Å². The number of carbonyl (C=O) groups excluding carboxylic acids is 2. The Hall–Kier alpha value is -3.70. The number of rotatable bonds is 3. The second kappa shape index (κ2) is 7.77. The maximum Gasteiger partial charge on any atom is 0.419 e. The van der Waals surface area contributed by atoms with Gasteiger partial charge in [0.15, 0.2) is 5.01 Å². The second-order valence-electron chi connectivity index (χ2n) is 8.34. The molecule has 8 heteroatoms. The molecular weight excluding hydrogens is 426 g/mol. The van der Waals surface area contributed by atoms with Crippen molar-refractivity contribution in [2.24, 2.45) is 0 Å². The maximum atomic E-state index is 13.6. The average molecular weight is 448 g/mol. The Bertz CT molecular complexity index is 1430. The number of nitrogens with zero attached hydrogens (tertiary/aromatic N) is 3. The minimum Gasteiger partial charge on any atom is -0.496 e. The fourth-order valence-electron chi connectivity index (χ4n) is 3.56. The van der Waals surface area contributed by atoms with Crippen LogP contribution in [-0.4, -0.2) is 34.1 Å². The van der Waals surface area contributed by atoms with Crippen LogP contribution in [0.25, 0.3) is 21.1 Å². The number of benzene rings is 2. The Morgan fingerprint density at radius 2 is 1.94 bits per heavy atom. The summed E-state index contributed by atoms with van der Waals surface area (Å²) in [6, 6.07) is 10.6. The zero-order valence-electron chi connectivity index (χ0n) is 18.3. The Balaban J connectivity index is 1.88. The summed E-state index contributed by atoms with van der Waals surface area (Å²) in [6.07, 6.45) is 1.07. The number of aryl methyl sites for hydroxylation is 1. The third-order valence-corrected chi connectivity index (χ3v) is 5.89. The first-order chi connectivity index (χ1) is 15.1. The van der Waals surface area contributed by atoms with Gasteiger partial charge in [0, 0.05) is 11.6 Å². The molecule has 2 heterocycles. The average Bonchev–Trinajstić information content (AvgIpc) is 3.36. The summed E-state index contributed by atoms with van der Waals surface area (Å²) < 4.78 is 13.2. The van der Waals surface area contributed by atoms with Crippen LogP contribution in [0, 0.1) is 18.3 Å². The third-order valence-electron chi connectivity index (χ3n) is 4.87. The van der Waals surface area contributed by atoms with Crippen LogP contribution in [-0.2, 0) is 4.74 Å². The van der Waals surface area contributed by atoms with Gasteiger partial charge >= 0.3 is 6.09 Å². The Kier molecular flexibility index (Phi) is 5.23. The van der Waals surface area contributed by atoms with Crippen molar-refractivity contribution in [1.82, 2.24) is 9.55 Å². The molecule has 0 unspecified atom stereocenters. The summed E-state index contributed by atoms with van der Waals surface area (Å²) in [7, 11) is 1.50. The Morgan fingerprint density at radius 3 is 2.59 bits per heavy atom. The standard InChI is InChI=1S/C24H21N3O4S/c1-13-10-17(30-5)19(15-8-9-27(20(13)15)23(29)31-24(2,3)4)21(28)22-26-16-7-6-14(12-25)11-18(16)32-22/h6-11H,1-5H3. The number of ether oxygens (including phenoxy) is 2. The molecule has 0 aliphatic carbocycles. The topological polar surface area (TPSA) is 94.2 Å². The molecule has 0 aliphatic rings. The number of methoxy groups -OCH3 is 1. The predicted molar refractivity (Wildman–Crippen MR) is 123 cm³/mol. The Labute approximate surface area is 188 Å². The first-order valence-corrected chi connectivity index (χ1v) is 10.7. The van der Waals surface area contributed by atoms with Crippen molar-refractivity contribution >= 4 is 44.3 Å². The molecule has 32 heavy (non-hydrogen) atoms. The van der Waals surface area contributed by atoms with Crippen LogP contribution in [0.3, 0.4) is 0 Å². The fraction of sp³-hybridized carbons (Fsp3) is 0.250. The lowest BCUT2D eigenvalue weighted by Crippen LogP contribution is -2.26. The quantitative estimate of drug-likeness (QED) is 0.387. The molecule has 0 radical (unpaired) electrons. The van der Waals surface area contributed by atoms with Crippen LogP contribution in [0.2, 0.25) is 0 Å². The summed E-state index contributed by atoms with van der Waals surface area (Å²) in [5.74, 6) is 0.0902. The van der Waals surface area contributed by atoms with Crippen molar-refractivity contribution < 1.29 is 19.1 Å². The SMILES string of the molecule is COc1cc(C)c2c(ccn2C(=O)OC(C)(C)C)c1C(=O)c1nc2ccc(C#N)cc2s1. The third kappa shape index (κ3) is 3.72. The highest BCUT2D eigenvalue weighted by Crippen LogP contribution is 2.35. The van der Waals surface area contributed by atoms with Crippen LogP contribution >= 0.6 is 11.3 Å². The van der Waals surface area contributed by atoms with E-state index in [2.05, 4.69) is 11.1 Å². The smallest absolute Gasteiger partial charge is 0.419 e. The van der Waals surface area contributed by atoms with Crippen LogP contribution in [0.1, 0.15) is 47.3 Å². The molecule has 0 amide bonds. The molecule has 0 saturated carbocycles. The van der Waals surface area contributed by atoms with Crippen molar-refractivity contribution in [2.75, 3.05) is 7.11 Å². The number of thiazole rings is 1. The van der Waals surface area contributed by atoms with Crippen molar-refractivity contribution in [1.29, 1.82) is 5.26 Å². The number of aromatic nitrogens is 2. The largest absolute Gasteiger partial charge is 0.496 e. The lowest BCUT2D eigenvalue weighted by atomic mass is 10.0. The molecule has 0 saturated heterocycles. The summed E-state index contributed by atoms with van der Waals surface area (Å²) in [6.45, 7) is 7.24. The van der Waals surface area contributed by atoms with Gasteiger partial charge in [-0.1, -0.05) is 0 Å². The van der Waals surface area contributed by atoms with E-state index in [4.69, 9.17) is 14.7 Å². The van der Waals surface area contributed by atoms with E-state index in [-0.39, 0.29) is 10.8 Å². The molecule has 0 spiro atoms. The number of carbonyl (C=O) groups is 2. The highest BCUT2D eigenvalue weighted by molar-refractivity contribution is 7.20. The van der Waals surface area contributed by atoms with Gasteiger partial charge in [0.1, 0.15) is 11.4 Å². The normalized spacial score (nSPS) is 11.5. The number of hydrogen-bond acceptors (Lipinski definition) is 7. The van der Waals surface area contributed by atoms with Gasteiger partial charge in [-0.3, -0.25) is 9.36 Å². The zero-order valence-corrected chi connectivity index (χ0v) is 19.2. The molecule has 4 rings (SSSR count). The van der Waals surface area contributed by atoms with Gasteiger partial charge in [-0.15, -0.1) is 11.3 Å². The van der Waals surface area contributed by atoms with Crippen LogP contribution in [0.15, 0.2) is 36.5 Å². The molecule has 0 atom stereocenters. The second-order valence-corrected chi connectivity index (χ2v) is 9.37. The highest BCUT2D eigenvalue weighted by atomic mass is 32.1. The van der Waals surface area contributed by atoms with Crippen molar-refractivity contribution in [3.8, 4) is 11.8 Å². The molecule has 0 bridgehead atoms. The van der Waals surface area contributed by atoms with E-state index >= 15 is 0 Å². The summed E-state index contributed by atoms with van der Waals surface area (Å²) in [4.78, 5) is 30.8. The predicted octanol–water partition coefficient (Wildman–Crippen LogP) is 5.45. The minimum atomic E-state index is -0.657. The Morgan fingerprint density at radius 1 is 1.19 bits per heavy atom. The van der Waals surface area contributed by atoms with Gasteiger partial charge in [0.2, 0.25) is 5.78 Å². The first-order valence-electron chi connectivity index (χ1n) is 9.90. The molecule has 7 nitrogen and oxygen atoms in total. The van der Waals surface area contributed by atoms with Crippen LogP contribution in [0.4, 0.5) is 4.79 Å². The summed E-state index contributed by atoms with van der Waals surface area (Å²) >= 11 is 1.22. The lowest BCUT2D eigenvalue weighted by Gasteiger charge is -2.20. The number of ketones is 1. The number of nitriles is 1. The van der Waals surface area contributed by atoms with Crippen LogP contribution in [0.5, 0.6) is 5.75 Å². The van der Waals surface area contributed by atoms with E-state index in [1.165, 1.54) is 23.0 Å². The van der Waals surface area contributed by atoms with E-state index in [9.17, 15) is 9.59 Å². The molecular formula is C24H21N3O4S. The van der Waals surface area contributed by atoms with E-state index in [1.807, 2.05) is 6.92 Å². The molecule has 4 aromatic rings. The van der Waals surface area contributed by atoms with Gasteiger partial charge in [-0.2, -0.15) is 5.26 Å². The van der Waals surface area contributed by atoms with Gasteiger partial charge in [0.25, 0.3) is 0 Å². The molecule has 162 valence electrons. The maximum absolute atomic E-state index is 13.6. The lowest BCUT2D eigenvalue weighted by molar-refractivity contribution is 0.0544. The van der Waals surface area contributed by atoms with Gasteiger partial charge in [-0.05, 0) is 63.6 Å². The number of fused-ring (bicyclic) bond motifs is 2. The monoisotopic (exact) mass is 447 g/mol. The van der Waals surface area contributed by atoms with Crippen LogP contribution < -0.4 is 4.74 Å². The molecule has 0 aliphatic heterocycles. The molecule has 0 N–H and O–H groups in total.